The van der Waals surface area contributed by atoms with E-state index in [1.807, 2.05) is 48.5 Å². The number of carbonyl (C=O) groups is 1. The minimum Gasteiger partial charge on any atom is -0.454 e. The molecule has 2 N–H and O–H groups in total. The molecule has 2 amide bonds. The molecule has 3 rings (SSSR count). The highest BCUT2D eigenvalue weighted by molar-refractivity contribution is 7.85. The van der Waals surface area contributed by atoms with Gasteiger partial charge >= 0.3 is 6.03 Å². The Labute approximate surface area is 142 Å². The van der Waals surface area contributed by atoms with Crippen molar-refractivity contribution in [3.8, 4) is 11.5 Å². The van der Waals surface area contributed by atoms with E-state index in [-0.39, 0.29) is 12.8 Å². The fourth-order valence-corrected chi connectivity index (χ4v) is 3.23. The minimum absolute atomic E-state index is 0.227. The number of benzene rings is 2. The van der Waals surface area contributed by atoms with Crippen LogP contribution in [0.5, 0.6) is 11.5 Å². The molecular weight excluding hydrogens is 328 g/mol. The third kappa shape index (κ3) is 4.26. The second-order valence-corrected chi connectivity index (χ2v) is 6.73. The highest BCUT2D eigenvalue weighted by Gasteiger charge is 2.13. The molecule has 1 aliphatic rings. The van der Waals surface area contributed by atoms with E-state index >= 15 is 0 Å². The number of urea groups is 1. The molecule has 1 atom stereocenters. The van der Waals surface area contributed by atoms with Crippen molar-refractivity contribution in [2.45, 2.75) is 11.4 Å². The molecule has 0 spiro atoms. The van der Waals surface area contributed by atoms with E-state index in [1.54, 1.807) is 0 Å². The molecule has 0 unspecified atom stereocenters. The van der Waals surface area contributed by atoms with Crippen LogP contribution in [0, 0.1) is 0 Å². The Morgan fingerprint density at radius 1 is 1.04 bits per heavy atom. The van der Waals surface area contributed by atoms with Crippen LogP contribution in [-0.4, -0.2) is 29.3 Å². The zero-order chi connectivity index (χ0) is 16.8. The minimum atomic E-state index is -1.11. The van der Waals surface area contributed by atoms with Crippen LogP contribution in [0.15, 0.2) is 53.4 Å². The molecule has 0 saturated heterocycles. The number of nitrogens with one attached hydrogen (secondary N) is 2. The maximum Gasteiger partial charge on any atom is 0.315 e. The number of amides is 2. The Morgan fingerprint density at radius 3 is 2.67 bits per heavy atom. The van der Waals surface area contributed by atoms with E-state index in [2.05, 4.69) is 10.6 Å². The van der Waals surface area contributed by atoms with Gasteiger partial charge < -0.3 is 20.1 Å². The van der Waals surface area contributed by atoms with Crippen molar-refractivity contribution in [1.29, 1.82) is 0 Å². The van der Waals surface area contributed by atoms with Crippen molar-refractivity contribution in [3.63, 3.8) is 0 Å². The lowest BCUT2D eigenvalue weighted by Gasteiger charge is -2.08. The topological polar surface area (TPSA) is 76.7 Å². The van der Waals surface area contributed by atoms with Crippen LogP contribution in [0.25, 0.3) is 0 Å². The van der Waals surface area contributed by atoms with Gasteiger partial charge in [0.05, 0.1) is 10.8 Å². The molecule has 2 aromatic rings. The molecule has 2 aromatic carbocycles. The van der Waals surface area contributed by atoms with Gasteiger partial charge in [-0.3, -0.25) is 4.21 Å². The first kappa shape index (κ1) is 16.3. The lowest BCUT2D eigenvalue weighted by atomic mass is 10.2. The summed E-state index contributed by atoms with van der Waals surface area (Å²) in [4.78, 5) is 12.6. The normalized spacial score (nSPS) is 13.3. The van der Waals surface area contributed by atoms with Crippen molar-refractivity contribution in [2.75, 3.05) is 19.1 Å². The summed E-state index contributed by atoms with van der Waals surface area (Å²) in [5, 5.41) is 5.47. The fraction of sp³-hybridized carbons (Fsp3) is 0.235. The van der Waals surface area contributed by atoms with Crippen LogP contribution in [-0.2, 0) is 17.3 Å². The van der Waals surface area contributed by atoms with Gasteiger partial charge in [0.2, 0.25) is 6.79 Å². The molecule has 0 radical (unpaired) electrons. The first-order valence-corrected chi connectivity index (χ1v) is 8.88. The molecule has 6 nitrogen and oxygen atoms in total. The number of carbonyl (C=O) groups excluding carboxylic acids is 1. The maximum atomic E-state index is 12.0. The second kappa shape index (κ2) is 7.83. The number of hydrogen-bond acceptors (Lipinski definition) is 4. The van der Waals surface area contributed by atoms with Crippen molar-refractivity contribution in [2.24, 2.45) is 0 Å². The van der Waals surface area contributed by atoms with E-state index in [4.69, 9.17) is 9.47 Å². The highest BCUT2D eigenvalue weighted by Crippen LogP contribution is 2.32. The SMILES string of the molecule is O=C(NCC[S@@](=O)c1ccccc1)NCc1ccc2c(c1)OCO2. The molecule has 0 aliphatic carbocycles. The molecule has 0 fully saturated rings. The quantitative estimate of drug-likeness (QED) is 0.839. The third-order valence-corrected chi connectivity index (χ3v) is 4.84. The average molecular weight is 346 g/mol. The summed E-state index contributed by atoms with van der Waals surface area (Å²) in [7, 11) is -1.11. The van der Waals surface area contributed by atoms with Gasteiger partial charge in [0.25, 0.3) is 0 Å². The van der Waals surface area contributed by atoms with E-state index in [0.29, 0.717) is 30.3 Å². The lowest BCUT2D eigenvalue weighted by molar-refractivity contribution is 0.174. The van der Waals surface area contributed by atoms with Crippen LogP contribution in [0.4, 0.5) is 4.79 Å². The summed E-state index contributed by atoms with van der Waals surface area (Å²) in [5.41, 5.74) is 0.919. The Balaban J connectivity index is 1.39. The number of ether oxygens (including phenoxy) is 2. The predicted octanol–water partition coefficient (Wildman–Crippen LogP) is 2.02. The monoisotopic (exact) mass is 346 g/mol. The molecule has 0 aromatic heterocycles. The van der Waals surface area contributed by atoms with Crippen molar-refractivity contribution in [1.82, 2.24) is 10.6 Å². The zero-order valence-corrected chi connectivity index (χ0v) is 13.8. The lowest BCUT2D eigenvalue weighted by Crippen LogP contribution is -2.37. The van der Waals surface area contributed by atoms with Gasteiger partial charge in [0.1, 0.15) is 0 Å². The second-order valence-electron chi connectivity index (χ2n) is 5.16. The molecular formula is C17H18N2O4S. The van der Waals surface area contributed by atoms with Crippen LogP contribution >= 0.6 is 0 Å². The molecule has 1 heterocycles. The summed E-state index contributed by atoms with van der Waals surface area (Å²) in [6.45, 7) is 0.948. The summed E-state index contributed by atoms with van der Waals surface area (Å²) < 4.78 is 22.6. The molecule has 7 heteroatoms. The molecule has 24 heavy (non-hydrogen) atoms. The Bertz CT molecular complexity index is 737. The molecule has 0 saturated carbocycles. The van der Waals surface area contributed by atoms with Gasteiger partial charge in [-0.05, 0) is 29.8 Å². The van der Waals surface area contributed by atoms with Crippen molar-refractivity contribution in [3.05, 3.63) is 54.1 Å². The van der Waals surface area contributed by atoms with Gasteiger partial charge in [0.15, 0.2) is 11.5 Å². The fourth-order valence-electron chi connectivity index (χ4n) is 2.24. The number of fused-ring (bicyclic) bond motifs is 1. The van der Waals surface area contributed by atoms with E-state index in [1.165, 1.54) is 0 Å². The van der Waals surface area contributed by atoms with E-state index < -0.39 is 10.8 Å². The molecule has 0 bridgehead atoms. The number of rotatable bonds is 6. The van der Waals surface area contributed by atoms with Crippen LogP contribution in [0.3, 0.4) is 0 Å². The Kier molecular flexibility index (Phi) is 5.32. The predicted molar refractivity (Wildman–Crippen MR) is 90.5 cm³/mol. The van der Waals surface area contributed by atoms with Crippen LogP contribution < -0.4 is 20.1 Å². The van der Waals surface area contributed by atoms with Crippen molar-refractivity contribution >= 4 is 16.8 Å². The smallest absolute Gasteiger partial charge is 0.315 e. The van der Waals surface area contributed by atoms with Gasteiger partial charge in [-0.25, -0.2) is 4.79 Å². The summed E-state index contributed by atoms with van der Waals surface area (Å²) in [5.74, 6) is 1.78. The summed E-state index contributed by atoms with van der Waals surface area (Å²) in [6.07, 6.45) is 0. The summed E-state index contributed by atoms with van der Waals surface area (Å²) >= 11 is 0. The molecule has 126 valence electrons. The number of hydrogen-bond donors (Lipinski definition) is 2. The van der Waals surface area contributed by atoms with Gasteiger partial charge in [-0.15, -0.1) is 0 Å². The largest absolute Gasteiger partial charge is 0.454 e. The van der Waals surface area contributed by atoms with Gasteiger partial charge in [-0.1, -0.05) is 24.3 Å². The standard InChI is InChI=1S/C17H18N2O4S/c20-17(18-8-9-24(21)14-4-2-1-3-5-14)19-11-13-6-7-15-16(10-13)23-12-22-15/h1-7,10H,8-9,11-12H2,(H2,18,19,20)/t24-/m1/s1. The first-order valence-electron chi connectivity index (χ1n) is 7.56. The highest BCUT2D eigenvalue weighted by atomic mass is 32.2. The van der Waals surface area contributed by atoms with Gasteiger partial charge in [0, 0.05) is 23.7 Å². The first-order chi connectivity index (χ1) is 11.7. The van der Waals surface area contributed by atoms with Crippen LogP contribution in [0.1, 0.15) is 5.56 Å². The van der Waals surface area contributed by atoms with E-state index in [0.717, 1.165) is 10.5 Å². The summed E-state index contributed by atoms with van der Waals surface area (Å²) in [6, 6.07) is 14.4. The zero-order valence-electron chi connectivity index (χ0n) is 13.0. The van der Waals surface area contributed by atoms with Crippen molar-refractivity contribution < 1.29 is 18.5 Å². The Morgan fingerprint density at radius 2 is 1.83 bits per heavy atom. The Hall–Kier alpha value is -2.54. The average Bonchev–Trinajstić information content (AvgIpc) is 3.08. The van der Waals surface area contributed by atoms with E-state index in [9.17, 15) is 9.00 Å². The molecule has 1 aliphatic heterocycles. The maximum absolute atomic E-state index is 12.0. The third-order valence-electron chi connectivity index (χ3n) is 3.47. The van der Waals surface area contributed by atoms with Crippen LogP contribution in [0.2, 0.25) is 0 Å². The van der Waals surface area contributed by atoms with Gasteiger partial charge in [-0.2, -0.15) is 0 Å².